The van der Waals surface area contributed by atoms with Crippen molar-refractivity contribution in [3.8, 4) is 11.5 Å². The van der Waals surface area contributed by atoms with Crippen molar-refractivity contribution in [1.82, 2.24) is 0 Å². The van der Waals surface area contributed by atoms with Crippen LogP contribution in [0.4, 0.5) is 4.39 Å². The Labute approximate surface area is 123 Å². The summed E-state index contributed by atoms with van der Waals surface area (Å²) in [6.07, 6.45) is 0.148. The Morgan fingerprint density at radius 1 is 1.14 bits per heavy atom. The summed E-state index contributed by atoms with van der Waals surface area (Å²) in [6, 6.07) is 11.5. The van der Waals surface area contributed by atoms with Gasteiger partial charge in [0.25, 0.3) is 0 Å². The van der Waals surface area contributed by atoms with Crippen molar-refractivity contribution in [2.75, 3.05) is 13.7 Å². The molecule has 2 rings (SSSR count). The molecule has 0 heterocycles. The van der Waals surface area contributed by atoms with Gasteiger partial charge < -0.3 is 9.47 Å². The van der Waals surface area contributed by atoms with Gasteiger partial charge in [-0.2, -0.15) is 0 Å². The number of carbonyl (C=O) groups is 1. The maximum absolute atomic E-state index is 13.6. The summed E-state index contributed by atoms with van der Waals surface area (Å²) in [5.41, 5.74) is 1.20. The molecule has 0 spiro atoms. The van der Waals surface area contributed by atoms with Crippen molar-refractivity contribution in [3.63, 3.8) is 0 Å². The first-order chi connectivity index (χ1) is 10.1. The first kappa shape index (κ1) is 15.0. The van der Waals surface area contributed by atoms with E-state index in [1.165, 1.54) is 19.2 Å². The number of ketones is 1. The van der Waals surface area contributed by atoms with E-state index in [9.17, 15) is 9.18 Å². The number of rotatable bonds is 6. The Bertz CT molecular complexity index is 620. The minimum absolute atomic E-state index is 0.0670. The molecule has 0 aliphatic carbocycles. The molecule has 0 radical (unpaired) electrons. The molecule has 0 atom stereocenters. The van der Waals surface area contributed by atoms with E-state index in [4.69, 9.17) is 9.47 Å². The van der Waals surface area contributed by atoms with Crippen LogP contribution < -0.4 is 9.47 Å². The quantitative estimate of drug-likeness (QED) is 0.761. The summed E-state index contributed by atoms with van der Waals surface area (Å²) in [4.78, 5) is 12.2. The van der Waals surface area contributed by atoms with Crippen LogP contribution in [0.3, 0.4) is 0 Å². The van der Waals surface area contributed by atoms with Gasteiger partial charge in [-0.3, -0.25) is 4.79 Å². The van der Waals surface area contributed by atoms with E-state index in [2.05, 4.69) is 0 Å². The topological polar surface area (TPSA) is 35.5 Å². The zero-order valence-electron chi connectivity index (χ0n) is 12.1. The minimum Gasteiger partial charge on any atom is -0.494 e. The normalized spacial score (nSPS) is 10.2. The van der Waals surface area contributed by atoms with Crippen molar-refractivity contribution < 1.29 is 18.7 Å². The Hall–Kier alpha value is -2.36. The molecule has 21 heavy (non-hydrogen) atoms. The first-order valence-electron chi connectivity index (χ1n) is 6.72. The third kappa shape index (κ3) is 3.81. The summed E-state index contributed by atoms with van der Waals surface area (Å²) in [7, 11) is 1.41. The van der Waals surface area contributed by atoms with Crippen LogP contribution >= 0.6 is 0 Å². The average Bonchev–Trinajstić information content (AvgIpc) is 2.48. The van der Waals surface area contributed by atoms with E-state index in [1.807, 2.05) is 6.92 Å². The fourth-order valence-electron chi connectivity index (χ4n) is 2.01. The molecule has 0 saturated heterocycles. The number of benzene rings is 2. The minimum atomic E-state index is -0.463. The number of halogens is 1. The number of hydrogen-bond acceptors (Lipinski definition) is 3. The van der Waals surface area contributed by atoms with Crippen LogP contribution in [0.25, 0.3) is 0 Å². The second-order valence-corrected chi connectivity index (χ2v) is 4.53. The molecule has 0 bridgehead atoms. The van der Waals surface area contributed by atoms with Crippen molar-refractivity contribution in [2.45, 2.75) is 13.3 Å². The van der Waals surface area contributed by atoms with Crippen LogP contribution in [-0.2, 0) is 6.42 Å². The van der Waals surface area contributed by atoms with Gasteiger partial charge in [0.15, 0.2) is 17.3 Å². The van der Waals surface area contributed by atoms with Crippen LogP contribution in [-0.4, -0.2) is 19.5 Å². The Morgan fingerprint density at radius 3 is 2.43 bits per heavy atom. The summed E-state index contributed by atoms with van der Waals surface area (Å²) in [6.45, 7) is 2.48. The highest BCUT2D eigenvalue weighted by atomic mass is 19.1. The molecule has 3 nitrogen and oxygen atoms in total. The maximum atomic E-state index is 13.6. The molecule has 0 amide bonds. The Morgan fingerprint density at radius 2 is 1.86 bits per heavy atom. The van der Waals surface area contributed by atoms with E-state index in [1.54, 1.807) is 30.3 Å². The molecule has 0 aliphatic rings. The third-order valence-electron chi connectivity index (χ3n) is 3.07. The molecule has 4 heteroatoms. The highest BCUT2D eigenvalue weighted by Crippen LogP contribution is 2.19. The lowest BCUT2D eigenvalue weighted by atomic mass is 10.0. The zero-order chi connectivity index (χ0) is 15.2. The lowest BCUT2D eigenvalue weighted by Crippen LogP contribution is -2.04. The second-order valence-electron chi connectivity index (χ2n) is 4.53. The van der Waals surface area contributed by atoms with Crippen LogP contribution in [0.1, 0.15) is 22.8 Å². The highest BCUT2D eigenvalue weighted by Gasteiger charge is 2.10. The number of Topliss-reactive ketones (excluding diaryl/α,β-unsaturated/α-hetero) is 1. The van der Waals surface area contributed by atoms with Crippen molar-refractivity contribution in [1.29, 1.82) is 0 Å². The van der Waals surface area contributed by atoms with Gasteiger partial charge in [0.2, 0.25) is 0 Å². The summed E-state index contributed by atoms with van der Waals surface area (Å²) in [5, 5.41) is 0. The largest absolute Gasteiger partial charge is 0.494 e. The van der Waals surface area contributed by atoms with Gasteiger partial charge in [-0.05, 0) is 48.9 Å². The predicted octanol–water partition coefficient (Wildman–Crippen LogP) is 3.66. The van der Waals surface area contributed by atoms with Gasteiger partial charge >= 0.3 is 0 Å². The molecule has 0 unspecified atom stereocenters. The average molecular weight is 288 g/mol. The van der Waals surface area contributed by atoms with E-state index in [0.717, 1.165) is 5.75 Å². The number of ether oxygens (including phenoxy) is 2. The van der Waals surface area contributed by atoms with Crippen LogP contribution in [0.5, 0.6) is 11.5 Å². The van der Waals surface area contributed by atoms with Crippen molar-refractivity contribution >= 4 is 5.78 Å². The molecular formula is C17H17FO3. The maximum Gasteiger partial charge on any atom is 0.167 e. The highest BCUT2D eigenvalue weighted by molar-refractivity contribution is 5.97. The number of hydrogen-bond donors (Lipinski definition) is 0. The molecule has 110 valence electrons. The monoisotopic (exact) mass is 288 g/mol. The van der Waals surface area contributed by atoms with Crippen molar-refractivity contribution in [2.24, 2.45) is 0 Å². The van der Waals surface area contributed by atoms with Gasteiger partial charge in [-0.15, -0.1) is 0 Å². The van der Waals surface area contributed by atoms with E-state index in [0.29, 0.717) is 17.7 Å². The van der Waals surface area contributed by atoms with Gasteiger partial charge in [-0.1, -0.05) is 6.07 Å². The first-order valence-corrected chi connectivity index (χ1v) is 6.72. The molecular weight excluding hydrogens is 271 g/mol. The second kappa shape index (κ2) is 6.88. The zero-order valence-corrected chi connectivity index (χ0v) is 12.1. The third-order valence-corrected chi connectivity index (χ3v) is 3.07. The Balaban J connectivity index is 2.08. The summed E-state index contributed by atoms with van der Waals surface area (Å²) < 4.78 is 23.8. The molecule has 0 saturated carbocycles. The smallest absolute Gasteiger partial charge is 0.167 e. The summed E-state index contributed by atoms with van der Waals surface area (Å²) >= 11 is 0. The van der Waals surface area contributed by atoms with E-state index >= 15 is 0 Å². The molecule has 2 aromatic rings. The number of carbonyl (C=O) groups excluding carboxylic acids is 1. The number of methoxy groups -OCH3 is 1. The van der Waals surface area contributed by atoms with Crippen molar-refractivity contribution in [3.05, 3.63) is 59.4 Å². The van der Waals surface area contributed by atoms with E-state index in [-0.39, 0.29) is 18.0 Å². The lowest BCUT2D eigenvalue weighted by molar-refractivity contribution is 0.0993. The standard InChI is InChI=1S/C17H17FO3/c1-3-21-14-7-5-13(6-8-14)16(19)11-12-4-9-17(20-2)15(18)10-12/h4-10H,3,11H2,1-2H3. The van der Waals surface area contributed by atoms with Gasteiger partial charge in [0, 0.05) is 12.0 Å². The lowest BCUT2D eigenvalue weighted by Gasteiger charge is -2.06. The van der Waals surface area contributed by atoms with E-state index < -0.39 is 5.82 Å². The molecule has 0 N–H and O–H groups in total. The van der Waals surface area contributed by atoms with Gasteiger partial charge in [-0.25, -0.2) is 4.39 Å². The fraction of sp³-hybridized carbons (Fsp3) is 0.235. The molecule has 0 aromatic heterocycles. The van der Waals surface area contributed by atoms with Crippen LogP contribution in [0, 0.1) is 5.82 Å². The predicted molar refractivity (Wildman–Crippen MR) is 78.6 cm³/mol. The molecule has 2 aromatic carbocycles. The fourth-order valence-corrected chi connectivity index (χ4v) is 2.01. The van der Waals surface area contributed by atoms with Gasteiger partial charge in [0.1, 0.15) is 5.75 Å². The Kier molecular flexibility index (Phi) is 4.93. The van der Waals surface area contributed by atoms with Crippen LogP contribution in [0.15, 0.2) is 42.5 Å². The van der Waals surface area contributed by atoms with Crippen LogP contribution in [0.2, 0.25) is 0 Å². The van der Waals surface area contributed by atoms with Gasteiger partial charge in [0.05, 0.1) is 13.7 Å². The SMILES string of the molecule is CCOc1ccc(C(=O)Cc2ccc(OC)c(F)c2)cc1. The molecule has 0 fully saturated rings. The summed E-state index contributed by atoms with van der Waals surface area (Å²) in [5.74, 6) is 0.369. The molecule has 0 aliphatic heterocycles.